The summed E-state index contributed by atoms with van der Waals surface area (Å²) in [4.78, 5) is 9.52. The molecule has 7 heteroatoms. The van der Waals surface area contributed by atoms with Crippen molar-refractivity contribution in [3.63, 3.8) is 0 Å². The van der Waals surface area contributed by atoms with Crippen LogP contribution in [0.25, 0.3) is 0 Å². The van der Waals surface area contributed by atoms with E-state index in [9.17, 15) is 0 Å². The summed E-state index contributed by atoms with van der Waals surface area (Å²) in [5, 5.41) is 4.18. The number of hydrogen-bond donors (Lipinski definition) is 1. The second kappa shape index (κ2) is 11.3. The molecule has 152 valence electrons. The van der Waals surface area contributed by atoms with Crippen LogP contribution in [-0.2, 0) is 6.54 Å². The molecule has 0 aromatic heterocycles. The number of nitrogens with one attached hydrogen (secondary N) is 1. The van der Waals surface area contributed by atoms with Gasteiger partial charge in [-0.3, -0.25) is 4.99 Å². The number of benzene rings is 1. The fourth-order valence-corrected chi connectivity index (χ4v) is 4.21. The van der Waals surface area contributed by atoms with Crippen molar-refractivity contribution in [3.05, 3.63) is 28.8 Å². The van der Waals surface area contributed by atoms with E-state index in [2.05, 4.69) is 20.1 Å². The van der Waals surface area contributed by atoms with E-state index in [0.717, 1.165) is 36.3 Å². The average molecular weight is 507 g/mol. The Morgan fingerprint density at radius 1 is 1.26 bits per heavy atom. The molecule has 2 aliphatic heterocycles. The minimum atomic E-state index is 0. The van der Waals surface area contributed by atoms with Crippen LogP contribution in [0.5, 0.6) is 5.75 Å². The van der Waals surface area contributed by atoms with Gasteiger partial charge in [-0.2, -0.15) is 0 Å². The Morgan fingerprint density at radius 2 is 2.04 bits per heavy atom. The molecule has 1 unspecified atom stereocenters. The lowest BCUT2D eigenvalue weighted by Crippen LogP contribution is -2.41. The number of piperidine rings is 1. The number of methoxy groups -OCH3 is 1. The molecule has 5 nitrogen and oxygen atoms in total. The van der Waals surface area contributed by atoms with Gasteiger partial charge in [0, 0.05) is 43.8 Å². The summed E-state index contributed by atoms with van der Waals surface area (Å²) in [6.45, 7) is 6.64. The summed E-state index contributed by atoms with van der Waals surface area (Å²) < 4.78 is 5.44. The summed E-state index contributed by atoms with van der Waals surface area (Å²) in [5.74, 6) is 2.53. The Morgan fingerprint density at radius 3 is 2.74 bits per heavy atom. The number of hydrogen-bond acceptors (Lipinski definition) is 3. The van der Waals surface area contributed by atoms with Gasteiger partial charge >= 0.3 is 0 Å². The molecular formula is C20H32ClIN4O. The lowest BCUT2D eigenvalue weighted by Gasteiger charge is -2.29. The first-order chi connectivity index (χ1) is 12.7. The molecule has 1 aromatic rings. The maximum Gasteiger partial charge on any atom is 0.193 e. The molecule has 2 saturated heterocycles. The first-order valence-corrected chi connectivity index (χ1v) is 10.1. The van der Waals surface area contributed by atoms with Gasteiger partial charge in [0.15, 0.2) is 5.96 Å². The van der Waals surface area contributed by atoms with Gasteiger partial charge in [-0.1, -0.05) is 24.1 Å². The van der Waals surface area contributed by atoms with E-state index in [1.807, 2.05) is 25.2 Å². The fourth-order valence-electron chi connectivity index (χ4n) is 4.05. The van der Waals surface area contributed by atoms with Gasteiger partial charge in [0.1, 0.15) is 5.75 Å². The molecule has 2 fully saturated rings. The zero-order valence-electron chi connectivity index (χ0n) is 16.4. The van der Waals surface area contributed by atoms with Crippen molar-refractivity contribution in [3.8, 4) is 5.75 Å². The average Bonchev–Trinajstić information content (AvgIpc) is 3.12. The molecule has 1 atom stereocenters. The molecule has 0 bridgehead atoms. The lowest BCUT2D eigenvalue weighted by atomic mass is 10.1. The van der Waals surface area contributed by atoms with E-state index in [-0.39, 0.29) is 24.0 Å². The SMILES string of the molecule is CN=C(NCc1ccc(Cl)cc1OC)N1CCC(CN2CCCCC2)C1.I. The Hall–Kier alpha value is -0.730. The second-order valence-corrected chi connectivity index (χ2v) is 7.76. The van der Waals surface area contributed by atoms with Crippen molar-refractivity contribution in [2.75, 3.05) is 46.9 Å². The number of ether oxygens (including phenoxy) is 1. The van der Waals surface area contributed by atoms with Crippen molar-refractivity contribution >= 4 is 41.5 Å². The van der Waals surface area contributed by atoms with Gasteiger partial charge in [-0.05, 0) is 50.4 Å². The highest BCUT2D eigenvalue weighted by Gasteiger charge is 2.27. The summed E-state index contributed by atoms with van der Waals surface area (Å²) in [7, 11) is 3.54. The van der Waals surface area contributed by atoms with Gasteiger partial charge in [-0.25, -0.2) is 0 Å². The minimum Gasteiger partial charge on any atom is -0.496 e. The molecule has 27 heavy (non-hydrogen) atoms. The summed E-state index contributed by atoms with van der Waals surface area (Å²) in [6.07, 6.45) is 5.38. The van der Waals surface area contributed by atoms with Gasteiger partial charge in [-0.15, -0.1) is 24.0 Å². The third kappa shape index (κ3) is 6.39. The Bertz CT molecular complexity index is 622. The quantitative estimate of drug-likeness (QED) is 0.374. The second-order valence-electron chi connectivity index (χ2n) is 7.32. The van der Waals surface area contributed by atoms with E-state index in [1.54, 1.807) is 7.11 Å². The largest absolute Gasteiger partial charge is 0.496 e. The molecule has 0 aliphatic carbocycles. The predicted octanol–water partition coefficient (Wildman–Crippen LogP) is 3.85. The highest BCUT2D eigenvalue weighted by Crippen LogP contribution is 2.23. The number of aliphatic imine (C=N–C) groups is 1. The molecular weight excluding hydrogens is 475 g/mol. The van der Waals surface area contributed by atoms with Crippen LogP contribution in [0.3, 0.4) is 0 Å². The first kappa shape index (κ1) is 22.6. The van der Waals surface area contributed by atoms with Crippen LogP contribution in [0, 0.1) is 5.92 Å². The van der Waals surface area contributed by atoms with Crippen LogP contribution >= 0.6 is 35.6 Å². The molecule has 0 radical (unpaired) electrons. The summed E-state index contributed by atoms with van der Waals surface area (Å²) >= 11 is 6.05. The van der Waals surface area contributed by atoms with Gasteiger partial charge in [0.25, 0.3) is 0 Å². The maximum atomic E-state index is 6.05. The van der Waals surface area contributed by atoms with Crippen molar-refractivity contribution < 1.29 is 4.74 Å². The zero-order valence-corrected chi connectivity index (χ0v) is 19.5. The number of guanidine groups is 1. The normalized spacial score (nSPS) is 21.1. The summed E-state index contributed by atoms with van der Waals surface area (Å²) in [5.41, 5.74) is 1.09. The third-order valence-corrected chi connectivity index (χ3v) is 5.68. The fraction of sp³-hybridized carbons (Fsp3) is 0.650. The van der Waals surface area contributed by atoms with Crippen molar-refractivity contribution in [1.29, 1.82) is 0 Å². The number of nitrogens with zero attached hydrogens (tertiary/aromatic N) is 3. The Balaban J connectivity index is 0.00000261. The molecule has 0 saturated carbocycles. The Labute approximate surface area is 185 Å². The molecule has 1 N–H and O–H groups in total. The number of likely N-dealkylation sites (tertiary alicyclic amines) is 2. The van der Waals surface area contributed by atoms with Crippen LogP contribution in [-0.4, -0.2) is 62.6 Å². The van der Waals surface area contributed by atoms with Crippen LogP contribution in [0.1, 0.15) is 31.2 Å². The van der Waals surface area contributed by atoms with E-state index >= 15 is 0 Å². The monoisotopic (exact) mass is 506 g/mol. The standard InChI is InChI=1S/C20H31ClN4O.HI/c1-22-20(23-13-17-6-7-18(21)12-19(17)26-2)25-11-8-16(15-25)14-24-9-4-3-5-10-24;/h6-7,12,16H,3-5,8-11,13-15H2,1-2H3,(H,22,23);1H. The summed E-state index contributed by atoms with van der Waals surface area (Å²) in [6, 6.07) is 5.75. The van der Waals surface area contributed by atoms with Crippen LogP contribution in [0.2, 0.25) is 5.02 Å². The first-order valence-electron chi connectivity index (χ1n) is 9.70. The van der Waals surface area contributed by atoms with Crippen LogP contribution in [0.4, 0.5) is 0 Å². The zero-order chi connectivity index (χ0) is 18.4. The topological polar surface area (TPSA) is 40.1 Å². The van der Waals surface area contributed by atoms with Gasteiger partial charge < -0.3 is 19.9 Å². The van der Waals surface area contributed by atoms with Crippen molar-refractivity contribution in [1.82, 2.24) is 15.1 Å². The number of halogens is 2. The van der Waals surface area contributed by atoms with E-state index in [4.69, 9.17) is 16.3 Å². The van der Waals surface area contributed by atoms with Crippen LogP contribution in [0.15, 0.2) is 23.2 Å². The van der Waals surface area contributed by atoms with E-state index < -0.39 is 0 Å². The van der Waals surface area contributed by atoms with Crippen molar-refractivity contribution in [2.24, 2.45) is 10.9 Å². The predicted molar refractivity (Wildman–Crippen MR) is 124 cm³/mol. The smallest absolute Gasteiger partial charge is 0.193 e. The highest BCUT2D eigenvalue weighted by molar-refractivity contribution is 14.0. The number of rotatable bonds is 5. The van der Waals surface area contributed by atoms with Gasteiger partial charge in [0.2, 0.25) is 0 Å². The molecule has 0 amide bonds. The van der Waals surface area contributed by atoms with Gasteiger partial charge in [0.05, 0.1) is 7.11 Å². The molecule has 2 heterocycles. The lowest BCUT2D eigenvalue weighted by molar-refractivity contribution is 0.198. The minimum absolute atomic E-state index is 0. The third-order valence-electron chi connectivity index (χ3n) is 5.45. The molecule has 0 spiro atoms. The molecule has 1 aromatic carbocycles. The van der Waals surface area contributed by atoms with E-state index in [1.165, 1.54) is 45.3 Å². The van der Waals surface area contributed by atoms with E-state index in [0.29, 0.717) is 11.6 Å². The maximum absolute atomic E-state index is 6.05. The highest BCUT2D eigenvalue weighted by atomic mass is 127. The molecule has 3 rings (SSSR count). The molecule has 2 aliphatic rings. The van der Waals surface area contributed by atoms with Crippen LogP contribution < -0.4 is 10.1 Å². The Kier molecular flexibility index (Phi) is 9.45. The van der Waals surface area contributed by atoms with Crippen molar-refractivity contribution in [2.45, 2.75) is 32.2 Å².